The van der Waals surface area contributed by atoms with Crippen molar-refractivity contribution in [1.82, 2.24) is 20.0 Å². The number of hydrogen-bond acceptors (Lipinski definition) is 6. The Morgan fingerprint density at radius 3 is 2.75 bits per heavy atom. The molecule has 1 saturated heterocycles. The molecule has 1 atom stereocenters. The van der Waals surface area contributed by atoms with Crippen LogP contribution >= 0.6 is 0 Å². The number of hydrogen-bond donors (Lipinski definition) is 1. The minimum absolute atomic E-state index is 0.118. The van der Waals surface area contributed by atoms with E-state index in [4.69, 9.17) is 14.0 Å². The van der Waals surface area contributed by atoms with Gasteiger partial charge in [0, 0.05) is 49.9 Å². The van der Waals surface area contributed by atoms with Crippen molar-refractivity contribution >= 4 is 16.8 Å². The monoisotopic (exact) mass is 492 g/mol. The molecule has 0 spiro atoms. The van der Waals surface area contributed by atoms with Crippen LogP contribution in [0.3, 0.4) is 0 Å². The fraction of sp³-hybridized carbons (Fsp3) is 0.607. The Hall–Kier alpha value is -2.71. The molecule has 0 bridgehead atoms. The topological polar surface area (TPSA) is 93.5 Å². The van der Waals surface area contributed by atoms with E-state index in [9.17, 15) is 4.79 Å². The normalized spacial score (nSPS) is 23.7. The molecule has 1 saturated carbocycles. The summed E-state index contributed by atoms with van der Waals surface area (Å²) in [6.45, 7) is 6.11. The summed E-state index contributed by atoms with van der Waals surface area (Å²) in [5.74, 6) is 1.89. The third kappa shape index (κ3) is 3.77. The van der Waals surface area contributed by atoms with E-state index in [1.165, 1.54) is 22.0 Å². The highest BCUT2D eigenvalue weighted by Crippen LogP contribution is 2.44. The van der Waals surface area contributed by atoms with Gasteiger partial charge >= 0.3 is 0 Å². The van der Waals surface area contributed by atoms with E-state index >= 15 is 0 Å². The number of H-pyrrole nitrogens is 1. The van der Waals surface area contributed by atoms with Crippen LogP contribution in [0, 0.1) is 0 Å². The van der Waals surface area contributed by atoms with Gasteiger partial charge in [-0.3, -0.25) is 4.79 Å². The lowest BCUT2D eigenvalue weighted by Crippen LogP contribution is -2.48. The number of carbonyl (C=O) groups is 1. The van der Waals surface area contributed by atoms with Crippen molar-refractivity contribution in [3.63, 3.8) is 0 Å². The van der Waals surface area contributed by atoms with Gasteiger partial charge in [0.15, 0.2) is 5.82 Å². The molecule has 8 nitrogen and oxygen atoms in total. The van der Waals surface area contributed by atoms with E-state index < -0.39 is 11.2 Å². The van der Waals surface area contributed by atoms with Crippen LogP contribution in [0.25, 0.3) is 10.9 Å². The number of nitrogens with one attached hydrogen (secondary N) is 1. The summed E-state index contributed by atoms with van der Waals surface area (Å²) < 4.78 is 18.0. The van der Waals surface area contributed by atoms with Crippen LogP contribution in [0.4, 0.5) is 0 Å². The molecule has 1 amide bonds. The van der Waals surface area contributed by atoms with Crippen LogP contribution in [0.1, 0.15) is 86.8 Å². The van der Waals surface area contributed by atoms with E-state index in [1.807, 2.05) is 4.90 Å². The zero-order valence-corrected chi connectivity index (χ0v) is 21.6. The highest BCUT2D eigenvalue weighted by molar-refractivity contribution is 5.88. The predicted octanol–water partition coefficient (Wildman–Crippen LogP) is 4.72. The highest BCUT2D eigenvalue weighted by Gasteiger charge is 2.46. The molecule has 1 aliphatic carbocycles. The van der Waals surface area contributed by atoms with Crippen LogP contribution in [0.5, 0.6) is 0 Å². The first-order valence-electron chi connectivity index (χ1n) is 13.5. The number of aromatic amines is 1. The molecule has 36 heavy (non-hydrogen) atoms. The van der Waals surface area contributed by atoms with Crippen molar-refractivity contribution in [2.24, 2.45) is 0 Å². The molecule has 4 heterocycles. The first kappa shape index (κ1) is 23.7. The number of aromatic nitrogens is 3. The van der Waals surface area contributed by atoms with Crippen molar-refractivity contribution < 1.29 is 18.8 Å². The molecule has 2 aliphatic heterocycles. The number of amides is 1. The van der Waals surface area contributed by atoms with Gasteiger partial charge in [0.05, 0.1) is 18.7 Å². The Kier molecular flexibility index (Phi) is 5.91. The molecule has 8 heteroatoms. The molecule has 2 aromatic heterocycles. The number of nitrogens with zero attached hydrogens (tertiary/aromatic N) is 3. The first-order valence-corrected chi connectivity index (χ1v) is 13.5. The zero-order valence-electron chi connectivity index (χ0n) is 21.6. The summed E-state index contributed by atoms with van der Waals surface area (Å²) in [5.41, 5.74) is 3.63. The van der Waals surface area contributed by atoms with Crippen LogP contribution < -0.4 is 0 Å². The highest BCUT2D eigenvalue weighted by atomic mass is 16.5. The maximum Gasteiger partial charge on any atom is 0.259 e. The fourth-order valence-electron chi connectivity index (χ4n) is 6.15. The van der Waals surface area contributed by atoms with Crippen molar-refractivity contribution in [1.29, 1.82) is 0 Å². The second-order valence-electron chi connectivity index (χ2n) is 10.6. The summed E-state index contributed by atoms with van der Waals surface area (Å²) >= 11 is 0. The Labute approximate surface area is 211 Å². The van der Waals surface area contributed by atoms with E-state index in [2.05, 4.69) is 47.2 Å². The number of para-hydroxylation sites is 1. The fourth-order valence-corrected chi connectivity index (χ4v) is 6.15. The third-order valence-corrected chi connectivity index (χ3v) is 8.69. The van der Waals surface area contributed by atoms with E-state index in [-0.39, 0.29) is 5.91 Å². The van der Waals surface area contributed by atoms with Gasteiger partial charge in [-0.05, 0) is 43.2 Å². The molecular formula is C28H36N4O4. The summed E-state index contributed by atoms with van der Waals surface area (Å²) in [4.78, 5) is 24.0. The van der Waals surface area contributed by atoms with Crippen LogP contribution in [-0.4, -0.2) is 52.7 Å². The number of likely N-dealkylation sites (tertiary alicyclic amines) is 1. The number of benzene rings is 1. The molecule has 1 N–H and O–H groups in total. The first-order chi connectivity index (χ1) is 17.5. The quantitative estimate of drug-likeness (QED) is 0.513. The van der Waals surface area contributed by atoms with Crippen molar-refractivity contribution in [2.75, 3.05) is 26.8 Å². The van der Waals surface area contributed by atoms with Crippen LogP contribution in [0.2, 0.25) is 0 Å². The number of carbonyl (C=O) groups excluding carboxylic acids is 1. The average Bonchev–Trinajstić information content (AvgIpc) is 3.51. The number of rotatable bonds is 7. The Balaban J connectivity index is 1.21. The van der Waals surface area contributed by atoms with Gasteiger partial charge in [-0.25, -0.2) is 0 Å². The lowest BCUT2D eigenvalue weighted by molar-refractivity contribution is -0.149. The largest absolute Gasteiger partial charge is 0.368 e. The Morgan fingerprint density at radius 2 is 2.06 bits per heavy atom. The number of fused-ring (bicyclic) bond motifs is 3. The van der Waals surface area contributed by atoms with Crippen molar-refractivity contribution in [3.8, 4) is 0 Å². The molecule has 1 aromatic carbocycles. The summed E-state index contributed by atoms with van der Waals surface area (Å²) in [6.07, 6.45) is 6.43. The summed E-state index contributed by atoms with van der Waals surface area (Å²) in [7, 11) is 1.70. The van der Waals surface area contributed by atoms with Crippen molar-refractivity contribution in [2.45, 2.75) is 82.3 Å². The molecule has 3 aromatic rings. The second kappa shape index (κ2) is 8.99. The van der Waals surface area contributed by atoms with Gasteiger partial charge in [0.1, 0.15) is 11.2 Å². The molecular weight excluding hydrogens is 456 g/mol. The van der Waals surface area contributed by atoms with Gasteiger partial charge in [-0.2, -0.15) is 4.98 Å². The van der Waals surface area contributed by atoms with Crippen molar-refractivity contribution in [3.05, 3.63) is 46.7 Å². The van der Waals surface area contributed by atoms with Gasteiger partial charge in [0.2, 0.25) is 5.91 Å². The smallest absolute Gasteiger partial charge is 0.259 e. The van der Waals surface area contributed by atoms with Crippen LogP contribution in [0.15, 0.2) is 22.7 Å². The lowest BCUT2D eigenvalue weighted by atomic mass is 9.85. The van der Waals surface area contributed by atoms with E-state index in [1.54, 1.807) is 7.11 Å². The molecule has 1 unspecified atom stereocenters. The molecule has 0 radical (unpaired) electrons. The number of piperidine rings is 1. The van der Waals surface area contributed by atoms with Crippen LogP contribution in [-0.2, 0) is 38.3 Å². The Morgan fingerprint density at radius 1 is 1.25 bits per heavy atom. The lowest BCUT2D eigenvalue weighted by Gasteiger charge is -2.41. The zero-order chi connectivity index (χ0) is 24.9. The maximum absolute atomic E-state index is 13.7. The standard InChI is InChI=1S/C28H36N4O4/c1-4-18-7-6-8-20-21-11-16-35-27(5-2,24(21)29-23(18)20)17-22(33)32-14-12-28(34-3,13-15-32)26-30-25(31-36-26)19-9-10-19/h6-8,19,29H,4-5,9-17H2,1-3H3. The second-order valence-corrected chi connectivity index (χ2v) is 10.6. The van der Waals surface area contributed by atoms with Gasteiger partial charge < -0.3 is 23.9 Å². The SMILES string of the molecule is CCc1cccc2c3c([nH]c12)C(CC)(CC(=O)N1CCC(OC)(c2nc(C4CC4)no2)CC1)OCC3. The number of ether oxygens (including phenoxy) is 2. The summed E-state index contributed by atoms with van der Waals surface area (Å²) in [5, 5.41) is 5.45. The predicted molar refractivity (Wildman–Crippen MR) is 135 cm³/mol. The van der Waals surface area contributed by atoms with Gasteiger partial charge in [-0.15, -0.1) is 0 Å². The van der Waals surface area contributed by atoms with E-state index in [0.717, 1.165) is 43.6 Å². The summed E-state index contributed by atoms with van der Waals surface area (Å²) in [6, 6.07) is 6.51. The average molecular weight is 493 g/mol. The molecule has 2 fully saturated rings. The number of aryl methyl sites for hydroxylation is 1. The molecule has 192 valence electrons. The minimum Gasteiger partial charge on any atom is -0.368 e. The number of methoxy groups -OCH3 is 1. The maximum atomic E-state index is 13.7. The van der Waals surface area contributed by atoms with Gasteiger partial charge in [0.25, 0.3) is 5.89 Å². The van der Waals surface area contributed by atoms with Gasteiger partial charge in [-0.1, -0.05) is 37.2 Å². The minimum atomic E-state index is -0.629. The molecule has 6 rings (SSSR count). The Bertz CT molecular complexity index is 1270. The van der Waals surface area contributed by atoms with E-state index in [0.29, 0.717) is 50.8 Å². The molecule has 3 aliphatic rings. The third-order valence-electron chi connectivity index (χ3n) is 8.69.